The molecule has 1 unspecified atom stereocenters. The Hall–Kier alpha value is -1.84. The molecule has 4 heteroatoms. The number of amides is 1. The molecule has 0 saturated heterocycles. The Kier molecular flexibility index (Phi) is 3.84. The van der Waals surface area contributed by atoms with Crippen LogP contribution < -0.4 is 4.90 Å². The van der Waals surface area contributed by atoms with Crippen LogP contribution in [-0.4, -0.2) is 23.5 Å². The molecule has 0 radical (unpaired) electrons. The van der Waals surface area contributed by atoms with E-state index in [-0.39, 0.29) is 5.91 Å². The molecule has 0 bridgehead atoms. The van der Waals surface area contributed by atoms with E-state index in [1.54, 1.807) is 25.7 Å². The summed E-state index contributed by atoms with van der Waals surface area (Å²) in [7, 11) is 0. The SMILES string of the molecule is CC(C)(C)C(C(=O)O)C(=O)N1CCCc2ccccc21. The van der Waals surface area contributed by atoms with E-state index in [2.05, 4.69) is 0 Å². The lowest BCUT2D eigenvalue weighted by Gasteiger charge is -2.35. The number of anilines is 1. The zero-order valence-electron chi connectivity index (χ0n) is 12.2. The Bertz CT molecular complexity index is 531. The van der Waals surface area contributed by atoms with E-state index in [4.69, 9.17) is 0 Å². The van der Waals surface area contributed by atoms with Gasteiger partial charge in [-0.15, -0.1) is 0 Å². The van der Waals surface area contributed by atoms with Gasteiger partial charge in [-0.05, 0) is 29.9 Å². The van der Waals surface area contributed by atoms with Gasteiger partial charge in [0, 0.05) is 12.2 Å². The molecule has 1 N–H and O–H groups in total. The standard InChI is InChI=1S/C16H21NO3/c1-16(2,3)13(15(19)20)14(18)17-10-6-8-11-7-4-5-9-12(11)17/h4-5,7,9,13H,6,8,10H2,1-3H3,(H,19,20). The number of carboxylic acids is 1. The van der Waals surface area contributed by atoms with E-state index in [0.717, 1.165) is 24.1 Å². The second kappa shape index (κ2) is 5.27. The molecule has 1 heterocycles. The molecule has 1 aliphatic rings. The summed E-state index contributed by atoms with van der Waals surface area (Å²) in [5.74, 6) is -2.38. The summed E-state index contributed by atoms with van der Waals surface area (Å²) in [4.78, 5) is 25.8. The van der Waals surface area contributed by atoms with Crippen LogP contribution in [0, 0.1) is 11.3 Å². The van der Waals surface area contributed by atoms with Crippen LogP contribution in [0.2, 0.25) is 0 Å². The Morgan fingerprint density at radius 3 is 2.50 bits per heavy atom. The molecular formula is C16H21NO3. The molecule has 1 aliphatic heterocycles. The van der Waals surface area contributed by atoms with Crippen LogP contribution in [0.4, 0.5) is 5.69 Å². The van der Waals surface area contributed by atoms with E-state index < -0.39 is 17.3 Å². The number of carbonyl (C=O) groups excluding carboxylic acids is 1. The average molecular weight is 275 g/mol. The molecule has 20 heavy (non-hydrogen) atoms. The molecule has 0 aliphatic carbocycles. The zero-order chi connectivity index (χ0) is 14.9. The zero-order valence-corrected chi connectivity index (χ0v) is 12.2. The van der Waals surface area contributed by atoms with Gasteiger partial charge in [-0.2, -0.15) is 0 Å². The maximum Gasteiger partial charge on any atom is 0.316 e. The van der Waals surface area contributed by atoms with Crippen molar-refractivity contribution < 1.29 is 14.7 Å². The second-order valence-corrected chi connectivity index (χ2v) is 6.36. The topological polar surface area (TPSA) is 57.6 Å². The molecule has 2 rings (SSSR count). The van der Waals surface area contributed by atoms with Crippen LogP contribution in [0.3, 0.4) is 0 Å². The van der Waals surface area contributed by atoms with Gasteiger partial charge in [-0.3, -0.25) is 9.59 Å². The van der Waals surface area contributed by atoms with Gasteiger partial charge in [-0.25, -0.2) is 0 Å². The Morgan fingerprint density at radius 1 is 1.25 bits per heavy atom. The highest BCUT2D eigenvalue weighted by Gasteiger charge is 2.41. The quantitative estimate of drug-likeness (QED) is 0.844. The van der Waals surface area contributed by atoms with E-state index in [1.165, 1.54) is 0 Å². The molecule has 4 nitrogen and oxygen atoms in total. The second-order valence-electron chi connectivity index (χ2n) is 6.36. The van der Waals surface area contributed by atoms with Crippen LogP contribution in [0.15, 0.2) is 24.3 Å². The van der Waals surface area contributed by atoms with E-state index in [9.17, 15) is 14.7 Å². The van der Waals surface area contributed by atoms with Crippen molar-refractivity contribution in [3.8, 4) is 0 Å². The number of carbonyl (C=O) groups is 2. The fourth-order valence-corrected chi connectivity index (χ4v) is 2.76. The van der Waals surface area contributed by atoms with Crippen LogP contribution in [0.25, 0.3) is 0 Å². The van der Waals surface area contributed by atoms with Crippen molar-refractivity contribution in [1.82, 2.24) is 0 Å². The van der Waals surface area contributed by atoms with E-state index in [0.29, 0.717) is 6.54 Å². The minimum absolute atomic E-state index is 0.308. The Morgan fingerprint density at radius 2 is 1.90 bits per heavy atom. The summed E-state index contributed by atoms with van der Waals surface area (Å²) < 4.78 is 0. The highest BCUT2D eigenvalue weighted by atomic mass is 16.4. The number of benzene rings is 1. The first-order valence-corrected chi connectivity index (χ1v) is 6.94. The molecule has 0 fully saturated rings. The highest BCUT2D eigenvalue weighted by Crippen LogP contribution is 2.33. The number of para-hydroxylation sites is 1. The summed E-state index contributed by atoms with van der Waals surface area (Å²) in [5, 5.41) is 9.41. The first kappa shape index (κ1) is 14.6. The van der Waals surface area contributed by atoms with Gasteiger partial charge in [0.05, 0.1) is 0 Å². The number of hydrogen-bond acceptors (Lipinski definition) is 2. The van der Waals surface area contributed by atoms with Gasteiger partial charge in [0.1, 0.15) is 5.92 Å². The minimum Gasteiger partial charge on any atom is -0.481 e. The van der Waals surface area contributed by atoms with Gasteiger partial charge in [0.15, 0.2) is 0 Å². The highest BCUT2D eigenvalue weighted by molar-refractivity contribution is 6.06. The maximum absolute atomic E-state index is 12.7. The number of hydrogen-bond donors (Lipinski definition) is 1. The minimum atomic E-state index is -1.05. The molecule has 1 aromatic rings. The predicted molar refractivity (Wildman–Crippen MR) is 77.7 cm³/mol. The average Bonchev–Trinajstić information content (AvgIpc) is 2.35. The third kappa shape index (κ3) is 2.69. The van der Waals surface area contributed by atoms with Gasteiger partial charge in [-0.1, -0.05) is 39.0 Å². The monoisotopic (exact) mass is 275 g/mol. The Labute approximate surface area is 119 Å². The van der Waals surface area contributed by atoms with Crippen molar-refractivity contribution in [2.24, 2.45) is 11.3 Å². The number of fused-ring (bicyclic) bond motifs is 1. The summed E-state index contributed by atoms with van der Waals surface area (Å²) in [6.07, 6.45) is 1.81. The molecule has 0 spiro atoms. The molecule has 1 atom stereocenters. The number of rotatable bonds is 2. The van der Waals surface area contributed by atoms with Crippen LogP contribution in [-0.2, 0) is 16.0 Å². The molecule has 1 aromatic carbocycles. The van der Waals surface area contributed by atoms with Gasteiger partial charge in [0.25, 0.3) is 0 Å². The van der Waals surface area contributed by atoms with E-state index >= 15 is 0 Å². The largest absolute Gasteiger partial charge is 0.481 e. The third-order valence-corrected chi connectivity index (χ3v) is 3.74. The predicted octanol–water partition coefficient (Wildman–Crippen LogP) is 2.71. The first-order valence-electron chi connectivity index (χ1n) is 6.94. The van der Waals surface area contributed by atoms with Crippen molar-refractivity contribution in [3.63, 3.8) is 0 Å². The summed E-state index contributed by atoms with van der Waals surface area (Å²) in [5.41, 5.74) is 1.37. The van der Waals surface area contributed by atoms with Crippen LogP contribution >= 0.6 is 0 Å². The Balaban J connectivity index is 2.37. The third-order valence-electron chi connectivity index (χ3n) is 3.74. The lowest BCUT2D eigenvalue weighted by atomic mass is 9.79. The number of aliphatic carboxylic acids is 1. The molecule has 0 aromatic heterocycles. The van der Waals surface area contributed by atoms with Crippen LogP contribution in [0.1, 0.15) is 32.8 Å². The lowest BCUT2D eigenvalue weighted by molar-refractivity contribution is -0.150. The van der Waals surface area contributed by atoms with Gasteiger partial charge < -0.3 is 10.0 Å². The summed E-state index contributed by atoms with van der Waals surface area (Å²) in [6, 6.07) is 7.73. The molecular weight excluding hydrogens is 254 g/mol. The normalized spacial score (nSPS) is 16.4. The fourth-order valence-electron chi connectivity index (χ4n) is 2.76. The van der Waals surface area contributed by atoms with Crippen molar-refractivity contribution in [2.45, 2.75) is 33.6 Å². The van der Waals surface area contributed by atoms with Gasteiger partial charge >= 0.3 is 5.97 Å². The number of carboxylic acid groups (broad SMARTS) is 1. The van der Waals surface area contributed by atoms with Crippen molar-refractivity contribution >= 4 is 17.6 Å². The van der Waals surface area contributed by atoms with Gasteiger partial charge in [0.2, 0.25) is 5.91 Å². The number of nitrogens with zero attached hydrogens (tertiary/aromatic N) is 1. The summed E-state index contributed by atoms with van der Waals surface area (Å²) >= 11 is 0. The van der Waals surface area contributed by atoms with Crippen molar-refractivity contribution in [1.29, 1.82) is 0 Å². The van der Waals surface area contributed by atoms with E-state index in [1.807, 2.05) is 24.3 Å². The number of aryl methyl sites for hydroxylation is 1. The molecule has 1 amide bonds. The van der Waals surface area contributed by atoms with Crippen molar-refractivity contribution in [2.75, 3.05) is 11.4 Å². The fraction of sp³-hybridized carbons (Fsp3) is 0.500. The molecule has 0 saturated carbocycles. The lowest BCUT2D eigenvalue weighted by Crippen LogP contribution is -2.47. The van der Waals surface area contributed by atoms with Crippen molar-refractivity contribution in [3.05, 3.63) is 29.8 Å². The summed E-state index contributed by atoms with van der Waals surface area (Å²) in [6.45, 7) is 5.97. The first-order chi connectivity index (χ1) is 9.32. The smallest absolute Gasteiger partial charge is 0.316 e. The molecule has 108 valence electrons. The maximum atomic E-state index is 12.7. The van der Waals surface area contributed by atoms with Crippen LogP contribution in [0.5, 0.6) is 0 Å².